The first-order valence-electron chi connectivity index (χ1n) is 33.4. The normalized spacial score (nSPS) is 14.7. The molecule has 0 bridgehead atoms. The Bertz CT molecular complexity index is 1650. The summed E-state index contributed by atoms with van der Waals surface area (Å²) in [4.78, 5) is 72.1. The highest BCUT2D eigenvalue weighted by molar-refractivity contribution is 7.47. The zero-order valence-electron chi connectivity index (χ0n) is 53.6. The average Bonchev–Trinajstić information content (AvgIpc) is 3.44. The van der Waals surface area contributed by atoms with Gasteiger partial charge in [0.1, 0.15) is 19.3 Å². The van der Waals surface area contributed by atoms with Crippen molar-refractivity contribution in [3.05, 3.63) is 0 Å². The molecule has 3 N–H and O–H groups in total. The first-order chi connectivity index (χ1) is 39.8. The van der Waals surface area contributed by atoms with Crippen LogP contribution in [0.4, 0.5) is 0 Å². The molecule has 0 aromatic carbocycles. The van der Waals surface area contributed by atoms with Crippen LogP contribution in [0, 0.1) is 17.8 Å². The fraction of sp³-hybridized carbons (Fsp3) is 0.938. The van der Waals surface area contributed by atoms with Crippen LogP contribution in [0.2, 0.25) is 0 Å². The first kappa shape index (κ1) is 81.1. The number of esters is 4. The van der Waals surface area contributed by atoms with E-state index in [0.717, 1.165) is 108 Å². The minimum Gasteiger partial charge on any atom is -0.462 e. The molecule has 0 fully saturated rings. The van der Waals surface area contributed by atoms with Crippen LogP contribution in [0.1, 0.15) is 312 Å². The number of ether oxygens (including phenoxy) is 4. The molecule has 0 spiro atoms. The fourth-order valence-electron chi connectivity index (χ4n) is 9.45. The smallest absolute Gasteiger partial charge is 0.462 e. The van der Waals surface area contributed by atoms with Crippen molar-refractivity contribution in [1.29, 1.82) is 0 Å². The lowest BCUT2D eigenvalue weighted by atomic mass is 9.99. The minimum atomic E-state index is -4.95. The maximum atomic E-state index is 13.0. The summed E-state index contributed by atoms with van der Waals surface area (Å²) < 4.78 is 67.9. The van der Waals surface area contributed by atoms with Crippen molar-refractivity contribution < 1.29 is 80.2 Å². The van der Waals surface area contributed by atoms with Crippen LogP contribution in [0.15, 0.2) is 0 Å². The molecule has 0 heterocycles. The highest BCUT2D eigenvalue weighted by atomic mass is 31.2. The Balaban J connectivity index is 5.24. The predicted molar refractivity (Wildman–Crippen MR) is 331 cm³/mol. The molecule has 19 heteroatoms. The van der Waals surface area contributed by atoms with E-state index in [4.69, 9.17) is 37.0 Å². The fourth-order valence-corrected chi connectivity index (χ4v) is 11.0. The summed E-state index contributed by atoms with van der Waals surface area (Å²) in [6.07, 6.45) is 36.3. The summed E-state index contributed by atoms with van der Waals surface area (Å²) in [6.45, 7) is 11.7. The van der Waals surface area contributed by atoms with Gasteiger partial charge in [0.25, 0.3) is 0 Å². The molecule has 0 radical (unpaired) electrons. The SMILES string of the molecule is CCCCCCCCCCC(=O)OC[C@H](COP(=O)(O)OC[C@H](O)COP(=O)(O)OC[C@@H](COC(=O)CCCCCCCCCCC(C)C)OC(=O)CCCCCCCCCCCCC(C)CC)OC(=O)CCCCCCCCCC(C)C. The second-order valence-corrected chi connectivity index (χ2v) is 27.3. The Morgan fingerprint density at radius 2 is 0.614 bits per heavy atom. The van der Waals surface area contributed by atoms with Crippen LogP contribution >= 0.6 is 15.6 Å². The van der Waals surface area contributed by atoms with Crippen molar-refractivity contribution in [2.75, 3.05) is 39.6 Å². The van der Waals surface area contributed by atoms with E-state index < -0.39 is 97.5 Å². The van der Waals surface area contributed by atoms with Gasteiger partial charge in [-0.05, 0) is 43.4 Å². The molecule has 0 amide bonds. The summed E-state index contributed by atoms with van der Waals surface area (Å²) in [5.74, 6) is 0.0852. The van der Waals surface area contributed by atoms with Crippen molar-refractivity contribution in [3.63, 3.8) is 0 Å². The molecule has 0 saturated carbocycles. The maximum absolute atomic E-state index is 13.0. The van der Waals surface area contributed by atoms with E-state index in [-0.39, 0.29) is 25.7 Å². The predicted octanol–water partition coefficient (Wildman–Crippen LogP) is 17.5. The third-order valence-corrected chi connectivity index (χ3v) is 16.9. The van der Waals surface area contributed by atoms with Crippen molar-refractivity contribution >= 4 is 39.5 Å². The van der Waals surface area contributed by atoms with Gasteiger partial charge in [-0.3, -0.25) is 37.3 Å². The number of phosphoric acid groups is 2. The van der Waals surface area contributed by atoms with E-state index in [2.05, 4.69) is 48.5 Å². The molecule has 0 aliphatic rings. The van der Waals surface area contributed by atoms with Gasteiger partial charge in [-0.15, -0.1) is 0 Å². The number of carbonyl (C=O) groups is 4. The van der Waals surface area contributed by atoms with E-state index in [9.17, 15) is 43.2 Å². The Hall–Kier alpha value is -1.94. The molecule has 0 aliphatic heterocycles. The van der Waals surface area contributed by atoms with Crippen LogP contribution in [0.3, 0.4) is 0 Å². The molecular formula is C64H124O17P2. The van der Waals surface area contributed by atoms with Crippen molar-refractivity contribution in [2.24, 2.45) is 17.8 Å². The highest BCUT2D eigenvalue weighted by Gasteiger charge is 2.30. The zero-order chi connectivity index (χ0) is 61.7. The Kier molecular flexibility index (Phi) is 54.1. The van der Waals surface area contributed by atoms with Gasteiger partial charge in [-0.2, -0.15) is 0 Å². The number of phosphoric ester groups is 2. The lowest BCUT2D eigenvalue weighted by molar-refractivity contribution is -0.161. The van der Waals surface area contributed by atoms with Gasteiger partial charge < -0.3 is 33.8 Å². The number of aliphatic hydroxyl groups is 1. The van der Waals surface area contributed by atoms with Gasteiger partial charge in [0, 0.05) is 25.7 Å². The Morgan fingerprint density at radius 3 is 0.916 bits per heavy atom. The molecule has 3 unspecified atom stereocenters. The molecule has 83 heavy (non-hydrogen) atoms. The second-order valence-electron chi connectivity index (χ2n) is 24.3. The van der Waals surface area contributed by atoms with Crippen LogP contribution < -0.4 is 0 Å². The van der Waals surface area contributed by atoms with Crippen LogP contribution in [-0.2, 0) is 65.4 Å². The van der Waals surface area contributed by atoms with Gasteiger partial charge in [-0.1, -0.05) is 260 Å². The number of hydrogen-bond donors (Lipinski definition) is 3. The molecule has 0 aromatic heterocycles. The Labute approximate surface area is 505 Å². The summed E-state index contributed by atoms with van der Waals surface area (Å²) in [5.41, 5.74) is 0. The molecule has 0 rings (SSSR count). The third-order valence-electron chi connectivity index (χ3n) is 15.0. The molecule has 6 atom stereocenters. The quantitative estimate of drug-likeness (QED) is 0.0222. The topological polar surface area (TPSA) is 237 Å². The van der Waals surface area contributed by atoms with Crippen molar-refractivity contribution in [3.8, 4) is 0 Å². The lowest BCUT2D eigenvalue weighted by Crippen LogP contribution is -2.30. The summed E-state index contributed by atoms with van der Waals surface area (Å²) in [5, 5.41) is 10.5. The summed E-state index contributed by atoms with van der Waals surface area (Å²) >= 11 is 0. The average molecular weight is 1230 g/mol. The van der Waals surface area contributed by atoms with Crippen LogP contribution in [0.5, 0.6) is 0 Å². The largest absolute Gasteiger partial charge is 0.472 e. The minimum absolute atomic E-state index is 0.103. The van der Waals surface area contributed by atoms with Crippen molar-refractivity contribution in [2.45, 2.75) is 330 Å². The number of unbranched alkanes of at least 4 members (excludes halogenated alkanes) is 29. The lowest BCUT2D eigenvalue weighted by Gasteiger charge is -2.21. The van der Waals surface area contributed by atoms with Gasteiger partial charge in [0.05, 0.1) is 26.4 Å². The molecule has 0 aromatic rings. The van der Waals surface area contributed by atoms with Crippen LogP contribution in [-0.4, -0.2) is 96.7 Å². The van der Waals surface area contributed by atoms with Gasteiger partial charge >= 0.3 is 39.5 Å². The van der Waals surface area contributed by atoms with E-state index in [1.54, 1.807) is 0 Å². The number of hydrogen-bond acceptors (Lipinski definition) is 15. The molecule has 492 valence electrons. The summed E-state index contributed by atoms with van der Waals surface area (Å²) in [7, 11) is -9.89. The zero-order valence-corrected chi connectivity index (χ0v) is 55.4. The molecular weight excluding hydrogens is 1100 g/mol. The number of rotatable bonds is 62. The molecule has 0 saturated heterocycles. The van der Waals surface area contributed by atoms with Crippen molar-refractivity contribution in [1.82, 2.24) is 0 Å². The van der Waals surface area contributed by atoms with E-state index in [1.807, 2.05) is 0 Å². The molecule has 17 nitrogen and oxygen atoms in total. The maximum Gasteiger partial charge on any atom is 0.472 e. The van der Waals surface area contributed by atoms with Gasteiger partial charge in [-0.25, -0.2) is 9.13 Å². The van der Waals surface area contributed by atoms with Gasteiger partial charge in [0.15, 0.2) is 12.2 Å². The third kappa shape index (κ3) is 57.6. The van der Waals surface area contributed by atoms with E-state index >= 15 is 0 Å². The number of aliphatic hydroxyl groups excluding tert-OH is 1. The van der Waals surface area contributed by atoms with Crippen LogP contribution in [0.25, 0.3) is 0 Å². The number of carbonyl (C=O) groups excluding carboxylic acids is 4. The van der Waals surface area contributed by atoms with E-state index in [0.29, 0.717) is 31.6 Å². The summed E-state index contributed by atoms with van der Waals surface area (Å²) in [6, 6.07) is 0. The highest BCUT2D eigenvalue weighted by Crippen LogP contribution is 2.45. The second kappa shape index (κ2) is 55.4. The Morgan fingerprint density at radius 1 is 0.349 bits per heavy atom. The monoisotopic (exact) mass is 1230 g/mol. The van der Waals surface area contributed by atoms with E-state index in [1.165, 1.54) is 116 Å². The first-order valence-corrected chi connectivity index (χ1v) is 36.4. The van der Waals surface area contributed by atoms with Gasteiger partial charge in [0.2, 0.25) is 0 Å². The molecule has 0 aliphatic carbocycles. The standard InChI is InChI=1S/C64H124O17P2/c1-8-10-11-12-13-24-31-38-45-61(66)74-51-60(81-64(69)48-41-34-27-20-22-29-36-43-56(5)6)54-79-83(72,73)77-50-58(65)49-76-82(70,71)78-53-59(52-75-62(67)46-39-32-25-19-18-21-28-35-42-55(3)4)80-63(68)47-40-33-26-17-15-14-16-23-30-37-44-57(7)9-2/h55-60,65H,8-54H2,1-7H3,(H,70,71)(H,72,73)/t57?,58-,59-,60-/m1/s1.